The number of benzene rings is 2. The molecule has 2 aromatic carbocycles. The molecule has 4 nitrogen and oxygen atoms in total. The average molecular weight is 431 g/mol. The van der Waals surface area contributed by atoms with Crippen molar-refractivity contribution in [2.24, 2.45) is 0 Å². The van der Waals surface area contributed by atoms with Crippen LogP contribution in [0.25, 0.3) is 0 Å². The van der Waals surface area contributed by atoms with Crippen LogP contribution in [-0.2, 0) is 22.6 Å². The molecule has 0 bridgehead atoms. The Morgan fingerprint density at radius 3 is 2.40 bits per heavy atom. The summed E-state index contributed by atoms with van der Waals surface area (Å²) < 4.78 is 14.3. The molecule has 1 aliphatic rings. The van der Waals surface area contributed by atoms with E-state index in [0.717, 1.165) is 31.2 Å². The largest absolute Gasteiger partial charge is 0.352 e. The predicted molar refractivity (Wildman–Crippen MR) is 117 cm³/mol. The summed E-state index contributed by atoms with van der Waals surface area (Å²) >= 11 is 6.21. The summed E-state index contributed by atoms with van der Waals surface area (Å²) in [4.78, 5) is 27.4. The van der Waals surface area contributed by atoms with E-state index in [0.29, 0.717) is 17.0 Å². The molecule has 0 aromatic heterocycles. The number of carbonyl (C=O) groups excluding carboxylic acids is 2. The zero-order valence-electron chi connectivity index (χ0n) is 17.2. The minimum absolute atomic E-state index is 0.0489. The summed E-state index contributed by atoms with van der Waals surface area (Å²) in [5, 5.41) is 3.66. The predicted octanol–water partition coefficient (Wildman–Crippen LogP) is 4.89. The molecular formula is C24H28ClFN2O2. The Morgan fingerprint density at radius 1 is 1.10 bits per heavy atom. The molecule has 0 aliphatic heterocycles. The van der Waals surface area contributed by atoms with Gasteiger partial charge in [0, 0.05) is 29.6 Å². The van der Waals surface area contributed by atoms with Gasteiger partial charge in [-0.3, -0.25) is 9.59 Å². The molecule has 0 unspecified atom stereocenters. The minimum atomic E-state index is -0.691. The molecule has 0 radical (unpaired) electrons. The highest BCUT2D eigenvalue weighted by atomic mass is 35.5. The molecule has 0 heterocycles. The normalized spacial score (nSPS) is 15.0. The van der Waals surface area contributed by atoms with Crippen LogP contribution in [0, 0.1) is 5.82 Å². The molecule has 1 fully saturated rings. The van der Waals surface area contributed by atoms with Crippen molar-refractivity contribution in [2.75, 3.05) is 0 Å². The van der Waals surface area contributed by atoms with Crippen LogP contribution >= 0.6 is 11.6 Å². The van der Waals surface area contributed by atoms with Crippen molar-refractivity contribution in [3.05, 3.63) is 70.5 Å². The molecule has 1 atom stereocenters. The molecule has 3 rings (SSSR count). The van der Waals surface area contributed by atoms with Gasteiger partial charge in [-0.05, 0) is 43.9 Å². The number of nitrogens with one attached hydrogen (secondary N) is 1. The molecule has 2 amide bonds. The maximum Gasteiger partial charge on any atom is 0.242 e. The third kappa shape index (κ3) is 5.82. The van der Waals surface area contributed by atoms with Gasteiger partial charge in [-0.25, -0.2) is 4.39 Å². The van der Waals surface area contributed by atoms with Gasteiger partial charge in [0.1, 0.15) is 11.9 Å². The molecule has 30 heavy (non-hydrogen) atoms. The molecule has 0 spiro atoms. The number of hydrogen-bond acceptors (Lipinski definition) is 2. The van der Waals surface area contributed by atoms with Gasteiger partial charge in [0.15, 0.2) is 0 Å². The van der Waals surface area contributed by atoms with E-state index >= 15 is 0 Å². The maximum atomic E-state index is 14.3. The molecule has 160 valence electrons. The summed E-state index contributed by atoms with van der Waals surface area (Å²) in [6, 6.07) is 13.2. The third-order valence-electron chi connectivity index (χ3n) is 5.73. The molecule has 1 aliphatic carbocycles. The highest BCUT2D eigenvalue weighted by Crippen LogP contribution is 2.21. The lowest BCUT2D eigenvalue weighted by atomic mass is 10.1. The third-order valence-corrected chi connectivity index (χ3v) is 6.10. The lowest BCUT2D eigenvalue weighted by Crippen LogP contribution is -2.49. The fourth-order valence-electron chi connectivity index (χ4n) is 3.87. The van der Waals surface area contributed by atoms with Gasteiger partial charge in [0.2, 0.25) is 11.8 Å². The van der Waals surface area contributed by atoms with Crippen molar-refractivity contribution in [3.63, 3.8) is 0 Å². The van der Waals surface area contributed by atoms with Crippen LogP contribution in [0.4, 0.5) is 4.39 Å². The van der Waals surface area contributed by atoms with E-state index in [2.05, 4.69) is 5.32 Å². The fourth-order valence-corrected chi connectivity index (χ4v) is 4.10. The van der Waals surface area contributed by atoms with Crippen molar-refractivity contribution in [1.29, 1.82) is 0 Å². The Bertz CT molecular complexity index is 883. The van der Waals surface area contributed by atoms with E-state index in [-0.39, 0.29) is 36.6 Å². The smallest absolute Gasteiger partial charge is 0.242 e. The number of rotatable bonds is 8. The second kappa shape index (κ2) is 10.6. The number of amides is 2. The van der Waals surface area contributed by atoms with Crippen molar-refractivity contribution in [1.82, 2.24) is 10.2 Å². The first-order valence-electron chi connectivity index (χ1n) is 10.5. The first kappa shape index (κ1) is 22.3. The molecule has 0 saturated heterocycles. The Hall–Kier alpha value is -2.40. The number of aryl methyl sites for hydroxylation is 1. The second-order valence-electron chi connectivity index (χ2n) is 7.87. The zero-order valence-corrected chi connectivity index (χ0v) is 18.0. The van der Waals surface area contributed by atoms with Gasteiger partial charge in [0.25, 0.3) is 0 Å². The Balaban J connectivity index is 1.73. The van der Waals surface area contributed by atoms with Gasteiger partial charge < -0.3 is 10.2 Å². The van der Waals surface area contributed by atoms with Crippen LogP contribution in [0.2, 0.25) is 5.02 Å². The Kier molecular flexibility index (Phi) is 7.86. The Labute approximate surface area is 182 Å². The molecule has 6 heteroatoms. The summed E-state index contributed by atoms with van der Waals surface area (Å²) in [6.07, 6.45) is 4.80. The molecule has 1 saturated carbocycles. The van der Waals surface area contributed by atoms with E-state index in [1.165, 1.54) is 11.0 Å². The number of carbonyl (C=O) groups is 2. The van der Waals surface area contributed by atoms with E-state index < -0.39 is 6.04 Å². The molecule has 1 N–H and O–H groups in total. The summed E-state index contributed by atoms with van der Waals surface area (Å²) in [5.41, 5.74) is 1.27. The van der Waals surface area contributed by atoms with Gasteiger partial charge in [0.05, 0.1) is 0 Å². The van der Waals surface area contributed by atoms with Crippen LogP contribution in [0.5, 0.6) is 0 Å². The average Bonchev–Trinajstić information content (AvgIpc) is 3.25. The highest BCUT2D eigenvalue weighted by molar-refractivity contribution is 6.31. The van der Waals surface area contributed by atoms with E-state index in [1.54, 1.807) is 31.2 Å². The van der Waals surface area contributed by atoms with Crippen LogP contribution in [-0.4, -0.2) is 28.8 Å². The van der Waals surface area contributed by atoms with Crippen LogP contribution < -0.4 is 5.32 Å². The SMILES string of the molecule is C[C@@H](C(=O)NC1CCCC1)N(Cc1ccccc1F)C(=O)CCc1ccccc1Cl. The van der Waals surface area contributed by atoms with Gasteiger partial charge in [-0.15, -0.1) is 0 Å². The van der Waals surface area contributed by atoms with Crippen molar-refractivity contribution in [3.8, 4) is 0 Å². The molecule has 2 aromatic rings. The van der Waals surface area contributed by atoms with Gasteiger partial charge >= 0.3 is 0 Å². The summed E-state index contributed by atoms with van der Waals surface area (Å²) in [6.45, 7) is 1.76. The van der Waals surface area contributed by atoms with E-state index in [1.807, 2.05) is 18.2 Å². The Morgan fingerprint density at radius 2 is 1.73 bits per heavy atom. The van der Waals surface area contributed by atoms with Crippen molar-refractivity contribution >= 4 is 23.4 Å². The second-order valence-corrected chi connectivity index (χ2v) is 8.28. The monoisotopic (exact) mass is 430 g/mol. The first-order chi connectivity index (χ1) is 14.5. The summed E-state index contributed by atoms with van der Waals surface area (Å²) in [5.74, 6) is -0.776. The first-order valence-corrected chi connectivity index (χ1v) is 10.9. The van der Waals surface area contributed by atoms with Crippen LogP contribution in [0.3, 0.4) is 0 Å². The van der Waals surface area contributed by atoms with Crippen LogP contribution in [0.1, 0.15) is 50.2 Å². The standard InChI is InChI=1S/C24H28ClFN2O2/c1-17(24(30)27-20-10-4-5-11-20)28(16-19-9-3-7-13-22(19)26)23(29)15-14-18-8-2-6-12-21(18)25/h2-3,6-9,12-13,17,20H,4-5,10-11,14-16H2,1H3,(H,27,30)/t17-/m0/s1. The number of nitrogens with zero attached hydrogens (tertiary/aromatic N) is 1. The fraction of sp³-hybridized carbons (Fsp3) is 0.417. The quantitative estimate of drug-likeness (QED) is 0.648. The van der Waals surface area contributed by atoms with Crippen LogP contribution in [0.15, 0.2) is 48.5 Å². The highest BCUT2D eigenvalue weighted by Gasteiger charge is 2.28. The zero-order chi connectivity index (χ0) is 21.5. The number of hydrogen-bond donors (Lipinski definition) is 1. The number of halogens is 2. The van der Waals surface area contributed by atoms with Gasteiger partial charge in [-0.1, -0.05) is 60.8 Å². The summed E-state index contributed by atoms with van der Waals surface area (Å²) in [7, 11) is 0. The topological polar surface area (TPSA) is 49.4 Å². The minimum Gasteiger partial charge on any atom is -0.352 e. The van der Waals surface area contributed by atoms with Crippen molar-refractivity contribution < 1.29 is 14.0 Å². The van der Waals surface area contributed by atoms with Crippen molar-refractivity contribution in [2.45, 2.75) is 64.1 Å². The lowest BCUT2D eigenvalue weighted by Gasteiger charge is -2.30. The maximum absolute atomic E-state index is 14.3. The van der Waals surface area contributed by atoms with E-state index in [4.69, 9.17) is 11.6 Å². The lowest BCUT2D eigenvalue weighted by molar-refractivity contribution is -0.140. The molecular weight excluding hydrogens is 403 g/mol. The van der Waals surface area contributed by atoms with Gasteiger partial charge in [-0.2, -0.15) is 0 Å². The van der Waals surface area contributed by atoms with E-state index in [9.17, 15) is 14.0 Å².